The Morgan fingerprint density at radius 3 is 2.15 bits per heavy atom. The third-order valence-corrected chi connectivity index (χ3v) is 4.99. The van der Waals surface area contributed by atoms with E-state index in [1.54, 1.807) is 0 Å². The average molecular weight is 396 g/mol. The van der Waals surface area contributed by atoms with Crippen LogP contribution in [0.3, 0.4) is 0 Å². The van der Waals surface area contributed by atoms with E-state index < -0.39 is 6.04 Å². The van der Waals surface area contributed by atoms with Gasteiger partial charge in [-0.15, -0.1) is 12.4 Å². The first-order valence-electron chi connectivity index (χ1n) is 9.54. The third-order valence-electron chi connectivity index (χ3n) is 4.99. The summed E-state index contributed by atoms with van der Waals surface area (Å²) in [6, 6.07) is 6.99. The van der Waals surface area contributed by atoms with Gasteiger partial charge in [-0.05, 0) is 47.8 Å². The second kappa shape index (κ2) is 9.56. The van der Waals surface area contributed by atoms with Crippen molar-refractivity contribution in [2.24, 2.45) is 17.6 Å². The van der Waals surface area contributed by atoms with E-state index in [1.165, 1.54) is 5.56 Å². The Morgan fingerprint density at radius 1 is 1.15 bits per heavy atom. The molecule has 1 aliphatic rings. The molecular weight excluding hydrogens is 362 g/mol. The minimum atomic E-state index is -0.573. The number of carbonyl (C=O) groups is 2. The summed E-state index contributed by atoms with van der Waals surface area (Å²) in [6.07, 6.45) is 2.29. The average Bonchev–Trinajstić information content (AvgIpc) is 3.41. The number of hydrogen-bond acceptors (Lipinski definition) is 3. The molecule has 1 fully saturated rings. The number of rotatable bonds is 7. The van der Waals surface area contributed by atoms with Gasteiger partial charge in [0.25, 0.3) is 5.91 Å². The van der Waals surface area contributed by atoms with Crippen molar-refractivity contribution >= 4 is 24.2 Å². The minimum absolute atomic E-state index is 0. The third kappa shape index (κ3) is 6.82. The Hall–Kier alpha value is -1.59. The highest BCUT2D eigenvalue weighted by molar-refractivity contribution is 5.97. The van der Waals surface area contributed by atoms with Crippen LogP contribution in [0.4, 0.5) is 0 Å². The van der Waals surface area contributed by atoms with Crippen molar-refractivity contribution in [2.45, 2.75) is 65.0 Å². The largest absolute Gasteiger partial charge is 0.353 e. The van der Waals surface area contributed by atoms with Crippen LogP contribution in [-0.4, -0.2) is 30.4 Å². The van der Waals surface area contributed by atoms with Crippen LogP contribution in [0.15, 0.2) is 24.3 Å². The molecule has 0 saturated heterocycles. The van der Waals surface area contributed by atoms with E-state index in [0.29, 0.717) is 18.0 Å². The molecule has 2 amide bonds. The highest BCUT2D eigenvalue weighted by atomic mass is 35.5. The zero-order valence-corrected chi connectivity index (χ0v) is 17.9. The molecule has 0 spiro atoms. The fourth-order valence-electron chi connectivity index (χ4n) is 2.90. The second-order valence-corrected chi connectivity index (χ2v) is 8.77. The van der Waals surface area contributed by atoms with E-state index in [-0.39, 0.29) is 41.6 Å². The summed E-state index contributed by atoms with van der Waals surface area (Å²) in [5.41, 5.74) is 7.81. The van der Waals surface area contributed by atoms with Gasteiger partial charge >= 0.3 is 0 Å². The summed E-state index contributed by atoms with van der Waals surface area (Å²) in [4.78, 5) is 25.1. The minimum Gasteiger partial charge on any atom is -0.353 e. The van der Waals surface area contributed by atoms with Crippen LogP contribution < -0.4 is 16.4 Å². The maximum absolute atomic E-state index is 12.6. The van der Waals surface area contributed by atoms with E-state index >= 15 is 0 Å². The van der Waals surface area contributed by atoms with Crippen molar-refractivity contribution in [1.82, 2.24) is 10.6 Å². The number of nitrogens with one attached hydrogen (secondary N) is 2. The van der Waals surface area contributed by atoms with Gasteiger partial charge in [0.05, 0.1) is 0 Å². The van der Waals surface area contributed by atoms with Crippen molar-refractivity contribution in [3.8, 4) is 0 Å². The second-order valence-electron chi connectivity index (χ2n) is 8.77. The van der Waals surface area contributed by atoms with Gasteiger partial charge in [-0.25, -0.2) is 0 Å². The predicted molar refractivity (Wildman–Crippen MR) is 112 cm³/mol. The number of nitrogens with two attached hydrogens (primary N) is 1. The van der Waals surface area contributed by atoms with Crippen LogP contribution in [0, 0.1) is 11.8 Å². The van der Waals surface area contributed by atoms with Crippen molar-refractivity contribution in [1.29, 1.82) is 0 Å². The summed E-state index contributed by atoms with van der Waals surface area (Å²) in [7, 11) is 0. The molecule has 2 unspecified atom stereocenters. The quantitative estimate of drug-likeness (QED) is 0.663. The molecule has 6 heteroatoms. The van der Waals surface area contributed by atoms with Crippen molar-refractivity contribution in [3.63, 3.8) is 0 Å². The standard InChI is InChI=1S/C21H33N3O2.ClH/c1-13(2)18(20(26)23-12-17(22)14-6-7-14)24-19(25)15-8-10-16(11-9-15)21(3,4)5;/h8-11,13-14,17-18H,6-7,12,22H2,1-5H3,(H,23,26)(H,24,25);1H. The van der Waals surface area contributed by atoms with Gasteiger partial charge < -0.3 is 16.4 Å². The number of amides is 2. The Labute approximate surface area is 169 Å². The smallest absolute Gasteiger partial charge is 0.251 e. The molecule has 0 aromatic heterocycles. The lowest BCUT2D eigenvalue weighted by atomic mass is 9.86. The normalized spacial score (nSPS) is 16.3. The number of hydrogen-bond donors (Lipinski definition) is 3. The molecule has 2 rings (SSSR count). The molecule has 1 aliphatic carbocycles. The van der Waals surface area contributed by atoms with Crippen LogP contribution in [0.2, 0.25) is 0 Å². The van der Waals surface area contributed by atoms with Crippen LogP contribution in [0.25, 0.3) is 0 Å². The molecule has 0 aliphatic heterocycles. The molecule has 0 bridgehead atoms. The van der Waals surface area contributed by atoms with Gasteiger partial charge in [-0.3, -0.25) is 9.59 Å². The van der Waals surface area contributed by atoms with Gasteiger partial charge in [0.1, 0.15) is 6.04 Å². The summed E-state index contributed by atoms with van der Waals surface area (Å²) < 4.78 is 0. The fourth-order valence-corrected chi connectivity index (χ4v) is 2.90. The van der Waals surface area contributed by atoms with Crippen molar-refractivity contribution in [3.05, 3.63) is 35.4 Å². The lowest BCUT2D eigenvalue weighted by molar-refractivity contribution is -0.124. The molecule has 0 radical (unpaired) electrons. The van der Waals surface area contributed by atoms with E-state index in [4.69, 9.17) is 5.73 Å². The lowest BCUT2D eigenvalue weighted by Gasteiger charge is -2.23. The first-order valence-corrected chi connectivity index (χ1v) is 9.54. The molecule has 1 saturated carbocycles. The monoisotopic (exact) mass is 395 g/mol. The van der Waals surface area contributed by atoms with E-state index in [1.807, 2.05) is 38.1 Å². The van der Waals surface area contributed by atoms with Crippen LogP contribution in [0.5, 0.6) is 0 Å². The molecule has 4 N–H and O–H groups in total. The zero-order valence-electron chi connectivity index (χ0n) is 17.0. The van der Waals surface area contributed by atoms with Crippen LogP contribution >= 0.6 is 12.4 Å². The highest BCUT2D eigenvalue weighted by Crippen LogP contribution is 2.31. The number of carbonyl (C=O) groups excluding carboxylic acids is 2. The summed E-state index contributed by atoms with van der Waals surface area (Å²) >= 11 is 0. The maximum atomic E-state index is 12.6. The maximum Gasteiger partial charge on any atom is 0.251 e. The van der Waals surface area contributed by atoms with Gasteiger partial charge in [0.2, 0.25) is 5.91 Å². The number of benzene rings is 1. The van der Waals surface area contributed by atoms with E-state index in [0.717, 1.165) is 12.8 Å². The lowest BCUT2D eigenvalue weighted by Crippen LogP contribution is -2.52. The van der Waals surface area contributed by atoms with Gasteiger partial charge in [0, 0.05) is 18.2 Å². The molecule has 27 heavy (non-hydrogen) atoms. The van der Waals surface area contributed by atoms with Crippen LogP contribution in [-0.2, 0) is 10.2 Å². The molecule has 5 nitrogen and oxygen atoms in total. The first kappa shape index (κ1) is 23.4. The number of halogens is 1. The van der Waals surface area contributed by atoms with Crippen LogP contribution in [0.1, 0.15) is 63.4 Å². The first-order chi connectivity index (χ1) is 12.1. The molecule has 1 aromatic carbocycles. The zero-order chi connectivity index (χ0) is 19.5. The SMILES string of the molecule is CC(C)C(NC(=O)c1ccc(C(C)(C)C)cc1)C(=O)NCC(N)C1CC1.Cl. The molecular formula is C21H34ClN3O2. The van der Waals surface area contributed by atoms with E-state index in [2.05, 4.69) is 31.4 Å². The molecule has 1 aromatic rings. The summed E-state index contributed by atoms with van der Waals surface area (Å²) in [6.45, 7) is 10.7. The van der Waals surface area contributed by atoms with Gasteiger partial charge in [-0.1, -0.05) is 46.8 Å². The Morgan fingerprint density at radius 2 is 1.70 bits per heavy atom. The van der Waals surface area contributed by atoms with Crippen molar-refractivity contribution < 1.29 is 9.59 Å². The highest BCUT2D eigenvalue weighted by Gasteiger charge is 2.30. The Kier molecular flexibility index (Phi) is 8.30. The Balaban J connectivity index is 0.00000364. The van der Waals surface area contributed by atoms with Gasteiger partial charge in [0.15, 0.2) is 0 Å². The predicted octanol–water partition coefficient (Wildman–Crippen LogP) is 3.01. The van der Waals surface area contributed by atoms with E-state index in [9.17, 15) is 9.59 Å². The summed E-state index contributed by atoms with van der Waals surface area (Å²) in [5.74, 6) is 0.121. The summed E-state index contributed by atoms with van der Waals surface area (Å²) in [5, 5.41) is 5.76. The topological polar surface area (TPSA) is 84.2 Å². The fraction of sp³-hybridized carbons (Fsp3) is 0.619. The molecule has 2 atom stereocenters. The Bertz CT molecular complexity index is 634. The molecule has 0 heterocycles. The molecule has 152 valence electrons. The van der Waals surface area contributed by atoms with Crippen molar-refractivity contribution in [2.75, 3.05) is 6.54 Å². The van der Waals surface area contributed by atoms with Gasteiger partial charge in [-0.2, -0.15) is 0 Å².